The first kappa shape index (κ1) is 11.8. The average Bonchev–Trinajstić information content (AvgIpc) is 2.03. The molecule has 0 amide bonds. The van der Waals surface area contributed by atoms with E-state index in [2.05, 4.69) is 9.97 Å². The Hall–Kier alpha value is -2.16. The molecular weight excluding hydrogens is 182 g/mol. The zero-order valence-corrected chi connectivity index (χ0v) is 7.96. The molecule has 14 heavy (non-hydrogen) atoms. The largest absolute Gasteiger partial charge is 0.388 e. The molecule has 0 aliphatic rings. The molecule has 0 fully saturated rings. The van der Waals surface area contributed by atoms with Gasteiger partial charge in [0.1, 0.15) is 17.5 Å². The lowest BCUT2D eigenvalue weighted by Gasteiger charge is -1.88. The molecule has 74 valence electrons. The minimum atomic E-state index is -0.380. The van der Waals surface area contributed by atoms with Crippen molar-refractivity contribution in [1.29, 1.82) is 10.7 Å². The second kappa shape index (κ2) is 5.48. The lowest BCUT2D eigenvalue weighted by molar-refractivity contribution is 1.01. The highest BCUT2D eigenvalue weighted by atomic mass is 16.1. The van der Waals surface area contributed by atoms with Crippen molar-refractivity contribution in [2.24, 2.45) is 5.73 Å². The standard InChI is InChI=1S/C6H5N3O.C2H6N2/c1-4-8-3-5(2-7)6(10)9-4;1-2(3)4/h3H,1H3,(H,8,9,10);1H3,(H3,3,4). The molecule has 6 heteroatoms. The van der Waals surface area contributed by atoms with Crippen molar-refractivity contribution < 1.29 is 0 Å². The predicted molar refractivity (Wildman–Crippen MR) is 51.9 cm³/mol. The first-order valence-corrected chi connectivity index (χ1v) is 3.74. The van der Waals surface area contributed by atoms with E-state index in [0.29, 0.717) is 5.82 Å². The molecule has 6 nitrogen and oxygen atoms in total. The van der Waals surface area contributed by atoms with Crippen molar-refractivity contribution in [3.8, 4) is 6.07 Å². The molecule has 0 aliphatic heterocycles. The maximum Gasteiger partial charge on any atom is 0.268 e. The number of hydrogen-bond acceptors (Lipinski definition) is 4. The number of rotatable bonds is 0. The van der Waals surface area contributed by atoms with Gasteiger partial charge >= 0.3 is 0 Å². The van der Waals surface area contributed by atoms with Crippen LogP contribution in [0.2, 0.25) is 0 Å². The van der Waals surface area contributed by atoms with Crippen LogP contribution in [0.5, 0.6) is 0 Å². The number of nitriles is 1. The van der Waals surface area contributed by atoms with E-state index in [0.717, 1.165) is 0 Å². The summed E-state index contributed by atoms with van der Waals surface area (Å²) in [6.07, 6.45) is 1.26. The molecule has 0 bridgehead atoms. The number of nitrogens with one attached hydrogen (secondary N) is 2. The molecule has 1 aromatic rings. The minimum Gasteiger partial charge on any atom is -0.388 e. The van der Waals surface area contributed by atoms with Crippen LogP contribution in [-0.2, 0) is 0 Å². The Morgan fingerprint density at radius 3 is 2.64 bits per heavy atom. The molecule has 0 radical (unpaired) electrons. The van der Waals surface area contributed by atoms with Crippen LogP contribution in [0, 0.1) is 23.7 Å². The number of hydrogen-bond donors (Lipinski definition) is 3. The monoisotopic (exact) mass is 193 g/mol. The van der Waals surface area contributed by atoms with E-state index in [1.807, 2.05) is 0 Å². The molecule has 0 spiro atoms. The SMILES string of the molecule is CC(=N)N.Cc1ncc(C#N)c(=O)[nH]1. The van der Waals surface area contributed by atoms with Crippen molar-refractivity contribution in [3.63, 3.8) is 0 Å². The maximum atomic E-state index is 10.8. The number of nitrogens with two attached hydrogens (primary N) is 1. The number of amidine groups is 1. The van der Waals surface area contributed by atoms with E-state index in [4.69, 9.17) is 16.4 Å². The summed E-state index contributed by atoms with van der Waals surface area (Å²) < 4.78 is 0. The topological polar surface area (TPSA) is 119 Å². The Morgan fingerprint density at radius 1 is 1.79 bits per heavy atom. The van der Waals surface area contributed by atoms with Gasteiger partial charge in [-0.05, 0) is 13.8 Å². The smallest absolute Gasteiger partial charge is 0.268 e. The number of H-pyrrole nitrogens is 1. The Labute approximate surface area is 80.9 Å². The Balaban J connectivity index is 0.000000364. The number of aromatic amines is 1. The highest BCUT2D eigenvalue weighted by molar-refractivity contribution is 5.73. The fraction of sp³-hybridized carbons (Fsp3) is 0.250. The zero-order chi connectivity index (χ0) is 11.1. The van der Waals surface area contributed by atoms with E-state index in [1.165, 1.54) is 13.1 Å². The summed E-state index contributed by atoms with van der Waals surface area (Å²) in [6, 6.07) is 1.72. The molecule has 4 N–H and O–H groups in total. The summed E-state index contributed by atoms with van der Waals surface area (Å²) in [5.41, 5.74) is 4.36. The Kier molecular flexibility index (Phi) is 4.63. The minimum absolute atomic E-state index is 0.0469. The van der Waals surface area contributed by atoms with Crippen LogP contribution in [0.1, 0.15) is 18.3 Å². The summed E-state index contributed by atoms with van der Waals surface area (Å²) in [7, 11) is 0. The third-order valence-corrected chi connectivity index (χ3v) is 1.05. The third-order valence-electron chi connectivity index (χ3n) is 1.05. The highest BCUT2D eigenvalue weighted by Gasteiger charge is 1.95. The lowest BCUT2D eigenvalue weighted by atomic mass is 10.4. The summed E-state index contributed by atoms with van der Waals surface area (Å²) in [6.45, 7) is 3.18. The van der Waals surface area contributed by atoms with Crippen LogP contribution >= 0.6 is 0 Å². The molecule has 1 heterocycles. The molecule has 1 aromatic heterocycles. The van der Waals surface area contributed by atoms with E-state index >= 15 is 0 Å². The summed E-state index contributed by atoms with van der Waals surface area (Å²) in [5.74, 6) is 0.684. The van der Waals surface area contributed by atoms with Crippen LogP contribution in [0.3, 0.4) is 0 Å². The summed E-state index contributed by atoms with van der Waals surface area (Å²) in [4.78, 5) is 16.9. The maximum absolute atomic E-state index is 10.8. The van der Waals surface area contributed by atoms with Crippen LogP contribution in [0.4, 0.5) is 0 Å². The highest BCUT2D eigenvalue weighted by Crippen LogP contribution is 1.83. The molecule has 1 rings (SSSR count). The molecule has 0 aliphatic carbocycles. The second-order valence-corrected chi connectivity index (χ2v) is 2.51. The van der Waals surface area contributed by atoms with Crippen molar-refractivity contribution >= 4 is 5.84 Å². The molecule has 0 aromatic carbocycles. The van der Waals surface area contributed by atoms with Crippen molar-refractivity contribution in [2.45, 2.75) is 13.8 Å². The van der Waals surface area contributed by atoms with Crippen LogP contribution < -0.4 is 11.3 Å². The normalized spacial score (nSPS) is 8.07. The van der Waals surface area contributed by atoms with Crippen LogP contribution in [-0.4, -0.2) is 15.8 Å². The van der Waals surface area contributed by atoms with Crippen molar-refractivity contribution in [2.75, 3.05) is 0 Å². The van der Waals surface area contributed by atoms with Crippen molar-refractivity contribution in [3.05, 3.63) is 27.9 Å². The number of nitrogens with zero attached hydrogens (tertiary/aromatic N) is 2. The first-order valence-electron chi connectivity index (χ1n) is 3.74. The van der Waals surface area contributed by atoms with Gasteiger partial charge in [-0.1, -0.05) is 0 Å². The number of aromatic nitrogens is 2. The van der Waals surface area contributed by atoms with Gasteiger partial charge in [0.05, 0.1) is 12.0 Å². The van der Waals surface area contributed by atoms with Gasteiger partial charge in [-0.15, -0.1) is 0 Å². The van der Waals surface area contributed by atoms with Gasteiger partial charge in [0.15, 0.2) is 0 Å². The van der Waals surface area contributed by atoms with Gasteiger partial charge in [-0.2, -0.15) is 5.26 Å². The van der Waals surface area contributed by atoms with Gasteiger partial charge in [0.2, 0.25) is 0 Å². The first-order chi connectivity index (χ1) is 6.47. The van der Waals surface area contributed by atoms with E-state index < -0.39 is 0 Å². The molecule has 0 saturated heterocycles. The fourth-order valence-electron chi connectivity index (χ4n) is 0.564. The van der Waals surface area contributed by atoms with E-state index in [1.54, 1.807) is 13.0 Å². The van der Waals surface area contributed by atoms with Crippen LogP contribution in [0.15, 0.2) is 11.0 Å². The predicted octanol–water partition coefficient (Wildman–Crippen LogP) is -0.108. The molecule has 0 saturated carbocycles. The summed E-state index contributed by atoms with van der Waals surface area (Å²) >= 11 is 0. The summed E-state index contributed by atoms with van der Waals surface area (Å²) in [5, 5.41) is 14.6. The van der Waals surface area contributed by atoms with E-state index in [-0.39, 0.29) is 17.0 Å². The van der Waals surface area contributed by atoms with Crippen LogP contribution in [0.25, 0.3) is 0 Å². The quantitative estimate of drug-likeness (QED) is 0.393. The Bertz CT molecular complexity index is 410. The van der Waals surface area contributed by atoms with Crippen molar-refractivity contribution in [1.82, 2.24) is 9.97 Å². The lowest BCUT2D eigenvalue weighted by Crippen LogP contribution is -2.11. The van der Waals surface area contributed by atoms with Gasteiger partial charge in [0.25, 0.3) is 5.56 Å². The number of aryl methyl sites for hydroxylation is 1. The zero-order valence-electron chi connectivity index (χ0n) is 7.96. The van der Waals surface area contributed by atoms with E-state index in [9.17, 15) is 4.79 Å². The average molecular weight is 193 g/mol. The van der Waals surface area contributed by atoms with Gasteiger partial charge in [0, 0.05) is 0 Å². The molecule has 0 unspecified atom stereocenters. The molecular formula is C8H11N5O. The molecule has 0 atom stereocenters. The van der Waals surface area contributed by atoms with Gasteiger partial charge < -0.3 is 10.7 Å². The van der Waals surface area contributed by atoms with Gasteiger partial charge in [-0.3, -0.25) is 10.2 Å². The Morgan fingerprint density at radius 2 is 2.29 bits per heavy atom. The van der Waals surface area contributed by atoms with Gasteiger partial charge in [-0.25, -0.2) is 4.98 Å². The fourth-order valence-corrected chi connectivity index (χ4v) is 0.564. The third kappa shape index (κ3) is 4.66. The second-order valence-electron chi connectivity index (χ2n) is 2.51.